The molecule has 27 heavy (non-hydrogen) atoms. The highest BCUT2D eigenvalue weighted by Gasteiger charge is 2.13. The molecule has 0 saturated carbocycles. The predicted molar refractivity (Wildman–Crippen MR) is 105 cm³/mol. The maximum absolute atomic E-state index is 12.5. The van der Waals surface area contributed by atoms with Crippen LogP contribution in [0.2, 0.25) is 0 Å². The number of benzene rings is 3. The monoisotopic (exact) mass is 362 g/mol. The number of phenolic OH excluding ortho intramolecular Hbond substituents is 1. The summed E-state index contributed by atoms with van der Waals surface area (Å²) in [6.07, 6.45) is 0.209. The van der Waals surface area contributed by atoms with Crippen molar-refractivity contribution in [2.24, 2.45) is 0 Å². The van der Waals surface area contributed by atoms with E-state index >= 15 is 0 Å². The first kappa shape index (κ1) is 18.5. The van der Waals surface area contributed by atoms with Crippen LogP contribution in [0.25, 0.3) is 0 Å². The van der Waals surface area contributed by atoms with Crippen molar-refractivity contribution >= 4 is 5.78 Å². The molecule has 0 spiro atoms. The molecule has 0 aliphatic carbocycles. The highest BCUT2D eigenvalue weighted by atomic mass is 16.5. The summed E-state index contributed by atoms with van der Waals surface area (Å²) < 4.78 is 10.8. The van der Waals surface area contributed by atoms with Crippen molar-refractivity contribution in [2.45, 2.75) is 20.0 Å². The molecule has 4 heteroatoms. The predicted octanol–water partition coefficient (Wildman–Crippen LogP) is 4.71. The average molecular weight is 362 g/mol. The van der Waals surface area contributed by atoms with Crippen LogP contribution < -0.4 is 9.47 Å². The topological polar surface area (TPSA) is 55.8 Å². The first-order valence-electron chi connectivity index (χ1n) is 8.72. The van der Waals surface area contributed by atoms with E-state index in [4.69, 9.17) is 9.47 Å². The number of ketones is 1. The molecule has 0 amide bonds. The van der Waals surface area contributed by atoms with Gasteiger partial charge in [0.05, 0.1) is 12.7 Å². The Bertz CT molecular complexity index is 912. The number of carbonyl (C=O) groups is 1. The zero-order valence-corrected chi connectivity index (χ0v) is 15.4. The van der Waals surface area contributed by atoms with Gasteiger partial charge in [-0.15, -0.1) is 0 Å². The summed E-state index contributed by atoms with van der Waals surface area (Å²) in [7, 11) is 1.60. The van der Waals surface area contributed by atoms with Gasteiger partial charge in [0.25, 0.3) is 0 Å². The van der Waals surface area contributed by atoms with Gasteiger partial charge in [0.1, 0.15) is 23.9 Å². The first-order chi connectivity index (χ1) is 13.0. The molecule has 0 aliphatic heterocycles. The van der Waals surface area contributed by atoms with Gasteiger partial charge in [-0.25, -0.2) is 0 Å². The summed E-state index contributed by atoms with van der Waals surface area (Å²) in [5.74, 6) is 1.04. The van der Waals surface area contributed by atoms with E-state index in [1.54, 1.807) is 19.2 Å². The zero-order chi connectivity index (χ0) is 19.2. The second-order valence-corrected chi connectivity index (χ2v) is 6.40. The number of aromatic hydroxyl groups is 1. The fourth-order valence-corrected chi connectivity index (χ4v) is 2.71. The summed E-state index contributed by atoms with van der Waals surface area (Å²) in [5, 5.41) is 10.2. The number of Topliss-reactive ketones (excluding diaryl/α,β-unsaturated/α-hetero) is 1. The van der Waals surface area contributed by atoms with E-state index in [0.29, 0.717) is 12.4 Å². The number of ether oxygens (including phenoxy) is 2. The smallest absolute Gasteiger partial charge is 0.170 e. The molecular formula is C23H22O4. The first-order valence-corrected chi connectivity index (χ1v) is 8.72. The Hall–Kier alpha value is -3.27. The summed E-state index contributed by atoms with van der Waals surface area (Å²) in [6.45, 7) is 2.43. The Morgan fingerprint density at radius 3 is 2.15 bits per heavy atom. The molecule has 0 saturated heterocycles. The second-order valence-electron chi connectivity index (χ2n) is 6.40. The maximum Gasteiger partial charge on any atom is 0.170 e. The number of phenols is 1. The van der Waals surface area contributed by atoms with Crippen molar-refractivity contribution in [3.8, 4) is 17.2 Å². The number of rotatable bonds is 7. The molecule has 0 atom stereocenters. The van der Waals surface area contributed by atoms with Crippen molar-refractivity contribution in [3.05, 3.63) is 89.0 Å². The van der Waals surface area contributed by atoms with Gasteiger partial charge in [0, 0.05) is 12.5 Å². The van der Waals surface area contributed by atoms with Crippen molar-refractivity contribution in [1.82, 2.24) is 0 Å². The Kier molecular flexibility index (Phi) is 5.77. The molecule has 0 aliphatic rings. The minimum Gasteiger partial charge on any atom is -0.507 e. The van der Waals surface area contributed by atoms with Crippen LogP contribution in [0.15, 0.2) is 66.7 Å². The second kappa shape index (κ2) is 8.41. The third-order valence-corrected chi connectivity index (χ3v) is 4.32. The molecule has 4 nitrogen and oxygen atoms in total. The Labute approximate surface area is 159 Å². The Morgan fingerprint density at radius 1 is 0.889 bits per heavy atom. The number of carbonyl (C=O) groups excluding carboxylic acids is 1. The molecule has 0 unspecified atom stereocenters. The summed E-state index contributed by atoms with van der Waals surface area (Å²) in [5.41, 5.74) is 3.38. The van der Waals surface area contributed by atoms with Gasteiger partial charge in [-0.1, -0.05) is 42.0 Å². The third kappa shape index (κ3) is 4.88. The lowest BCUT2D eigenvalue weighted by molar-refractivity contribution is 0.0990. The molecule has 0 radical (unpaired) electrons. The van der Waals surface area contributed by atoms with Gasteiger partial charge in [0.15, 0.2) is 5.78 Å². The van der Waals surface area contributed by atoms with E-state index in [1.807, 2.05) is 55.5 Å². The normalized spacial score (nSPS) is 10.4. The molecule has 3 aromatic rings. The van der Waals surface area contributed by atoms with E-state index in [1.165, 1.54) is 11.6 Å². The van der Waals surface area contributed by atoms with Crippen molar-refractivity contribution < 1.29 is 19.4 Å². The van der Waals surface area contributed by atoms with E-state index in [0.717, 1.165) is 16.9 Å². The van der Waals surface area contributed by atoms with Gasteiger partial charge in [-0.3, -0.25) is 4.79 Å². The van der Waals surface area contributed by atoms with E-state index in [2.05, 4.69) is 0 Å². The Morgan fingerprint density at radius 2 is 1.52 bits per heavy atom. The van der Waals surface area contributed by atoms with Gasteiger partial charge >= 0.3 is 0 Å². The Balaban J connectivity index is 1.64. The van der Waals surface area contributed by atoms with Gasteiger partial charge < -0.3 is 14.6 Å². The minimum atomic E-state index is -0.150. The van der Waals surface area contributed by atoms with Crippen LogP contribution >= 0.6 is 0 Å². The van der Waals surface area contributed by atoms with Gasteiger partial charge in [-0.2, -0.15) is 0 Å². The van der Waals surface area contributed by atoms with Crippen LogP contribution in [-0.4, -0.2) is 18.0 Å². The van der Waals surface area contributed by atoms with Crippen LogP contribution in [0.3, 0.4) is 0 Å². The molecule has 1 N–H and O–H groups in total. The van der Waals surface area contributed by atoms with Crippen molar-refractivity contribution in [1.29, 1.82) is 0 Å². The lowest BCUT2D eigenvalue weighted by Gasteiger charge is -2.10. The highest BCUT2D eigenvalue weighted by Crippen LogP contribution is 2.26. The minimum absolute atomic E-state index is 0.0742. The van der Waals surface area contributed by atoms with E-state index in [-0.39, 0.29) is 23.5 Å². The van der Waals surface area contributed by atoms with Crippen LogP contribution in [0, 0.1) is 6.92 Å². The fourth-order valence-electron chi connectivity index (χ4n) is 2.71. The van der Waals surface area contributed by atoms with Crippen LogP contribution in [0.5, 0.6) is 17.2 Å². The molecular weight excluding hydrogens is 340 g/mol. The number of methoxy groups -OCH3 is 1. The molecule has 138 valence electrons. The van der Waals surface area contributed by atoms with Crippen LogP contribution in [0.4, 0.5) is 0 Å². The zero-order valence-electron chi connectivity index (χ0n) is 15.4. The largest absolute Gasteiger partial charge is 0.507 e. The highest BCUT2D eigenvalue weighted by molar-refractivity contribution is 6.00. The summed E-state index contributed by atoms with van der Waals surface area (Å²) >= 11 is 0. The summed E-state index contributed by atoms with van der Waals surface area (Å²) in [6, 6.07) is 20.1. The standard InChI is InChI=1S/C23H22O4/c1-16-3-5-18(6-4-16)15-27-20-11-12-21(23(25)14-20)22(24)13-17-7-9-19(26-2)10-8-17/h3-12,14,25H,13,15H2,1-2H3. The average Bonchev–Trinajstić information content (AvgIpc) is 2.68. The van der Waals surface area contributed by atoms with Crippen molar-refractivity contribution in [3.63, 3.8) is 0 Å². The molecule has 0 aromatic heterocycles. The lowest BCUT2D eigenvalue weighted by atomic mass is 10.0. The number of hydrogen-bond acceptors (Lipinski definition) is 4. The third-order valence-electron chi connectivity index (χ3n) is 4.32. The molecule has 0 bridgehead atoms. The quantitative estimate of drug-likeness (QED) is 0.618. The molecule has 3 rings (SSSR count). The van der Waals surface area contributed by atoms with Crippen LogP contribution in [0.1, 0.15) is 27.0 Å². The fraction of sp³-hybridized carbons (Fsp3) is 0.174. The molecule has 3 aromatic carbocycles. The van der Waals surface area contributed by atoms with Crippen molar-refractivity contribution in [2.75, 3.05) is 7.11 Å². The maximum atomic E-state index is 12.5. The van der Waals surface area contributed by atoms with Gasteiger partial charge in [0.2, 0.25) is 0 Å². The SMILES string of the molecule is COc1ccc(CC(=O)c2ccc(OCc3ccc(C)cc3)cc2O)cc1. The lowest BCUT2D eigenvalue weighted by Crippen LogP contribution is -2.04. The van der Waals surface area contributed by atoms with E-state index < -0.39 is 0 Å². The molecule has 0 fully saturated rings. The number of hydrogen-bond donors (Lipinski definition) is 1. The number of aryl methyl sites for hydroxylation is 1. The van der Waals surface area contributed by atoms with E-state index in [9.17, 15) is 9.90 Å². The van der Waals surface area contributed by atoms with Gasteiger partial charge in [-0.05, 0) is 42.3 Å². The van der Waals surface area contributed by atoms with Crippen LogP contribution in [-0.2, 0) is 13.0 Å². The summed E-state index contributed by atoms with van der Waals surface area (Å²) in [4.78, 5) is 12.5. The molecule has 0 heterocycles.